The fourth-order valence-electron chi connectivity index (χ4n) is 1.52. The Morgan fingerprint density at radius 1 is 1.33 bits per heavy atom. The SMILES string of the molecule is COC1=C(C(C)(C)C)C=CCC1. The topological polar surface area (TPSA) is 9.23 Å². The molecule has 0 saturated carbocycles. The predicted molar refractivity (Wildman–Crippen MR) is 51.9 cm³/mol. The zero-order valence-corrected chi connectivity index (χ0v) is 8.48. The fraction of sp³-hybridized carbons (Fsp3) is 0.636. The van der Waals surface area contributed by atoms with Crippen LogP contribution in [0.25, 0.3) is 0 Å². The van der Waals surface area contributed by atoms with Crippen LogP contribution in [0.15, 0.2) is 23.5 Å². The van der Waals surface area contributed by atoms with E-state index < -0.39 is 0 Å². The molecule has 0 fully saturated rings. The van der Waals surface area contributed by atoms with Gasteiger partial charge in [-0.05, 0) is 17.4 Å². The van der Waals surface area contributed by atoms with E-state index in [-0.39, 0.29) is 5.41 Å². The molecule has 1 heteroatoms. The number of hydrogen-bond acceptors (Lipinski definition) is 1. The van der Waals surface area contributed by atoms with E-state index >= 15 is 0 Å². The van der Waals surface area contributed by atoms with Gasteiger partial charge in [0.1, 0.15) is 0 Å². The van der Waals surface area contributed by atoms with Crippen molar-refractivity contribution in [2.45, 2.75) is 33.6 Å². The van der Waals surface area contributed by atoms with Crippen molar-refractivity contribution in [1.82, 2.24) is 0 Å². The van der Waals surface area contributed by atoms with Crippen molar-refractivity contribution in [2.24, 2.45) is 5.41 Å². The highest BCUT2D eigenvalue weighted by Crippen LogP contribution is 2.33. The molecule has 1 rings (SSSR count). The van der Waals surface area contributed by atoms with E-state index in [1.165, 1.54) is 5.57 Å². The molecule has 1 nitrogen and oxygen atoms in total. The lowest BCUT2D eigenvalue weighted by Gasteiger charge is -2.25. The molecule has 0 unspecified atom stereocenters. The number of hydrogen-bond donors (Lipinski definition) is 0. The van der Waals surface area contributed by atoms with Crippen LogP contribution in [0.4, 0.5) is 0 Å². The van der Waals surface area contributed by atoms with Gasteiger partial charge in [-0.2, -0.15) is 0 Å². The van der Waals surface area contributed by atoms with Crippen molar-refractivity contribution in [3.8, 4) is 0 Å². The minimum atomic E-state index is 0.211. The number of allylic oxidation sites excluding steroid dienone is 4. The van der Waals surface area contributed by atoms with Crippen molar-refractivity contribution in [1.29, 1.82) is 0 Å². The Morgan fingerprint density at radius 3 is 2.42 bits per heavy atom. The molecule has 12 heavy (non-hydrogen) atoms. The molecule has 1 aliphatic rings. The van der Waals surface area contributed by atoms with Crippen LogP contribution in [-0.4, -0.2) is 7.11 Å². The molecule has 0 heterocycles. The second kappa shape index (κ2) is 3.34. The summed E-state index contributed by atoms with van der Waals surface area (Å²) in [6, 6.07) is 0. The molecule has 0 bridgehead atoms. The molecule has 0 N–H and O–H groups in total. The van der Waals surface area contributed by atoms with Crippen LogP contribution >= 0.6 is 0 Å². The maximum absolute atomic E-state index is 5.36. The van der Waals surface area contributed by atoms with Crippen molar-refractivity contribution in [2.75, 3.05) is 7.11 Å². The van der Waals surface area contributed by atoms with E-state index in [2.05, 4.69) is 32.9 Å². The first kappa shape index (κ1) is 9.37. The van der Waals surface area contributed by atoms with Crippen molar-refractivity contribution >= 4 is 0 Å². The summed E-state index contributed by atoms with van der Waals surface area (Å²) in [4.78, 5) is 0. The third-order valence-electron chi connectivity index (χ3n) is 2.18. The van der Waals surface area contributed by atoms with Gasteiger partial charge >= 0.3 is 0 Å². The van der Waals surface area contributed by atoms with Crippen LogP contribution in [0.3, 0.4) is 0 Å². The van der Waals surface area contributed by atoms with E-state index in [9.17, 15) is 0 Å². The first-order valence-corrected chi connectivity index (χ1v) is 4.50. The molecule has 0 radical (unpaired) electrons. The summed E-state index contributed by atoms with van der Waals surface area (Å²) in [6.45, 7) is 6.66. The van der Waals surface area contributed by atoms with Gasteiger partial charge in [-0.15, -0.1) is 0 Å². The summed E-state index contributed by atoms with van der Waals surface area (Å²) in [5.74, 6) is 1.16. The van der Waals surface area contributed by atoms with E-state index in [1.807, 2.05) is 0 Å². The maximum atomic E-state index is 5.36. The fourth-order valence-corrected chi connectivity index (χ4v) is 1.52. The van der Waals surface area contributed by atoms with Gasteiger partial charge in [0.2, 0.25) is 0 Å². The van der Waals surface area contributed by atoms with Crippen molar-refractivity contribution < 1.29 is 4.74 Å². The van der Waals surface area contributed by atoms with Gasteiger partial charge in [0.15, 0.2) is 0 Å². The highest BCUT2D eigenvalue weighted by atomic mass is 16.5. The highest BCUT2D eigenvalue weighted by Gasteiger charge is 2.21. The van der Waals surface area contributed by atoms with Gasteiger partial charge in [0.25, 0.3) is 0 Å². The Kier molecular flexibility index (Phi) is 2.61. The Bertz CT molecular complexity index is 216. The standard InChI is InChI=1S/C11H18O/c1-11(2,3)9-7-5-6-8-10(9)12-4/h5,7H,6,8H2,1-4H3. The van der Waals surface area contributed by atoms with E-state index in [0.717, 1.165) is 18.6 Å². The van der Waals surface area contributed by atoms with Gasteiger partial charge in [-0.1, -0.05) is 32.9 Å². The molecule has 0 aromatic carbocycles. The lowest BCUT2D eigenvalue weighted by atomic mass is 9.83. The van der Waals surface area contributed by atoms with Crippen molar-refractivity contribution in [3.05, 3.63) is 23.5 Å². The summed E-state index contributed by atoms with van der Waals surface area (Å²) in [7, 11) is 1.76. The number of rotatable bonds is 1. The monoisotopic (exact) mass is 166 g/mol. The van der Waals surface area contributed by atoms with Gasteiger partial charge in [0, 0.05) is 6.42 Å². The summed E-state index contributed by atoms with van der Waals surface area (Å²) >= 11 is 0. The molecule has 68 valence electrons. The van der Waals surface area contributed by atoms with Gasteiger partial charge < -0.3 is 4.74 Å². The molecule has 1 aliphatic carbocycles. The average molecular weight is 166 g/mol. The Labute approximate surface area is 75.1 Å². The summed E-state index contributed by atoms with van der Waals surface area (Å²) in [5.41, 5.74) is 1.55. The molecular formula is C11H18O. The van der Waals surface area contributed by atoms with Gasteiger partial charge in [-0.3, -0.25) is 0 Å². The normalized spacial score (nSPS) is 18.3. The van der Waals surface area contributed by atoms with Gasteiger partial charge in [-0.25, -0.2) is 0 Å². The van der Waals surface area contributed by atoms with Crippen LogP contribution in [0, 0.1) is 5.41 Å². The Hall–Kier alpha value is -0.720. The largest absolute Gasteiger partial charge is 0.501 e. The van der Waals surface area contributed by atoms with Crippen LogP contribution in [0.1, 0.15) is 33.6 Å². The van der Waals surface area contributed by atoms with Crippen LogP contribution < -0.4 is 0 Å². The van der Waals surface area contributed by atoms with Crippen molar-refractivity contribution in [3.63, 3.8) is 0 Å². The second-order valence-corrected chi connectivity index (χ2v) is 4.23. The zero-order chi connectivity index (χ0) is 9.19. The van der Waals surface area contributed by atoms with E-state index in [0.29, 0.717) is 0 Å². The molecule has 0 spiro atoms. The third kappa shape index (κ3) is 1.90. The summed E-state index contributed by atoms with van der Waals surface area (Å²) in [5, 5.41) is 0. The summed E-state index contributed by atoms with van der Waals surface area (Å²) < 4.78 is 5.36. The van der Waals surface area contributed by atoms with Crippen LogP contribution in [0.5, 0.6) is 0 Å². The Morgan fingerprint density at radius 2 is 2.00 bits per heavy atom. The average Bonchev–Trinajstić information content (AvgIpc) is 2.03. The second-order valence-electron chi connectivity index (χ2n) is 4.23. The lowest BCUT2D eigenvalue weighted by molar-refractivity contribution is 0.261. The number of ether oxygens (including phenoxy) is 1. The van der Waals surface area contributed by atoms with Gasteiger partial charge in [0.05, 0.1) is 12.9 Å². The molecular weight excluding hydrogens is 148 g/mol. The predicted octanol–water partition coefficient (Wildman–Crippen LogP) is 3.28. The molecule has 0 aromatic rings. The summed E-state index contributed by atoms with van der Waals surface area (Å²) in [6.07, 6.45) is 6.59. The van der Waals surface area contributed by atoms with E-state index in [4.69, 9.17) is 4.74 Å². The first-order valence-electron chi connectivity index (χ1n) is 4.50. The molecule has 0 saturated heterocycles. The highest BCUT2D eigenvalue weighted by molar-refractivity contribution is 5.30. The lowest BCUT2D eigenvalue weighted by Crippen LogP contribution is -2.13. The first-order chi connectivity index (χ1) is 5.55. The Balaban J connectivity index is 2.97. The van der Waals surface area contributed by atoms with E-state index in [1.54, 1.807) is 7.11 Å². The minimum Gasteiger partial charge on any atom is -0.501 e. The van der Waals surface area contributed by atoms with Crippen LogP contribution in [0.2, 0.25) is 0 Å². The maximum Gasteiger partial charge on any atom is 0.0995 e. The molecule has 0 atom stereocenters. The van der Waals surface area contributed by atoms with Crippen LogP contribution in [-0.2, 0) is 4.74 Å². The number of methoxy groups -OCH3 is 1. The molecule has 0 amide bonds. The quantitative estimate of drug-likeness (QED) is 0.581. The molecule has 0 aromatic heterocycles. The third-order valence-corrected chi connectivity index (χ3v) is 2.18. The smallest absolute Gasteiger partial charge is 0.0995 e. The minimum absolute atomic E-state index is 0.211. The molecule has 0 aliphatic heterocycles. The zero-order valence-electron chi connectivity index (χ0n) is 8.48.